The molecule has 0 aliphatic carbocycles. The van der Waals surface area contributed by atoms with Crippen LogP contribution in [0, 0.1) is 0 Å². The molecule has 4 heteroatoms. The van der Waals surface area contributed by atoms with Crippen molar-refractivity contribution in [1.82, 2.24) is 4.90 Å². The smallest absolute Gasteiger partial charge is 0.240 e. The van der Waals surface area contributed by atoms with Gasteiger partial charge in [-0.1, -0.05) is 0 Å². The predicted octanol–water partition coefficient (Wildman–Crippen LogP) is 0.843. The lowest BCUT2D eigenvalue weighted by Gasteiger charge is -2.34. The maximum Gasteiger partial charge on any atom is 0.240 e. The molecule has 0 aliphatic rings. The molecule has 72 valence electrons. The number of carbonyl (C=O) groups is 1. The standard InChI is InChI=1S/C8H16ClNO2/c1-6(9)7(12)10(4)8(2,3)5-11/h6,11H,5H2,1-4H3. The molecule has 1 unspecified atom stereocenters. The Morgan fingerprint density at radius 1 is 1.67 bits per heavy atom. The number of halogens is 1. The zero-order valence-electron chi connectivity index (χ0n) is 7.97. The van der Waals surface area contributed by atoms with Gasteiger partial charge in [-0.2, -0.15) is 0 Å². The van der Waals surface area contributed by atoms with Crippen molar-refractivity contribution < 1.29 is 9.90 Å². The molecule has 1 atom stereocenters. The highest BCUT2D eigenvalue weighted by Crippen LogP contribution is 2.13. The minimum atomic E-state index is -0.541. The van der Waals surface area contributed by atoms with Crippen LogP contribution in [0.1, 0.15) is 20.8 Å². The van der Waals surface area contributed by atoms with Gasteiger partial charge in [0.1, 0.15) is 5.38 Å². The van der Waals surface area contributed by atoms with E-state index in [9.17, 15) is 4.79 Å². The fourth-order valence-corrected chi connectivity index (χ4v) is 0.818. The molecule has 0 aromatic heterocycles. The summed E-state index contributed by atoms with van der Waals surface area (Å²) < 4.78 is 0. The first-order valence-corrected chi connectivity index (χ1v) is 4.29. The van der Waals surface area contributed by atoms with Gasteiger partial charge in [-0.25, -0.2) is 0 Å². The van der Waals surface area contributed by atoms with E-state index in [4.69, 9.17) is 16.7 Å². The third-order valence-electron chi connectivity index (χ3n) is 1.97. The van der Waals surface area contributed by atoms with E-state index >= 15 is 0 Å². The van der Waals surface area contributed by atoms with E-state index in [0.717, 1.165) is 0 Å². The van der Waals surface area contributed by atoms with E-state index in [1.807, 2.05) is 0 Å². The van der Waals surface area contributed by atoms with Crippen molar-refractivity contribution in [3.8, 4) is 0 Å². The number of rotatable bonds is 3. The number of aliphatic hydroxyl groups excluding tert-OH is 1. The maximum absolute atomic E-state index is 11.3. The fourth-order valence-electron chi connectivity index (χ4n) is 0.671. The van der Waals surface area contributed by atoms with Gasteiger partial charge in [-0.3, -0.25) is 4.79 Å². The quantitative estimate of drug-likeness (QED) is 0.675. The van der Waals surface area contributed by atoms with Crippen molar-refractivity contribution in [1.29, 1.82) is 0 Å². The van der Waals surface area contributed by atoms with Crippen LogP contribution in [-0.2, 0) is 4.79 Å². The zero-order valence-corrected chi connectivity index (χ0v) is 8.72. The highest BCUT2D eigenvalue weighted by atomic mass is 35.5. The largest absolute Gasteiger partial charge is 0.394 e. The summed E-state index contributed by atoms with van der Waals surface area (Å²) in [5.74, 6) is -0.171. The Labute approximate surface area is 78.3 Å². The van der Waals surface area contributed by atoms with E-state index < -0.39 is 10.9 Å². The Hall–Kier alpha value is -0.280. The van der Waals surface area contributed by atoms with Crippen molar-refractivity contribution in [3.63, 3.8) is 0 Å². The zero-order chi connectivity index (χ0) is 9.94. The van der Waals surface area contributed by atoms with Crippen LogP contribution in [0.25, 0.3) is 0 Å². The van der Waals surface area contributed by atoms with Gasteiger partial charge in [0.2, 0.25) is 5.91 Å². The lowest BCUT2D eigenvalue weighted by atomic mass is 10.1. The van der Waals surface area contributed by atoms with Crippen molar-refractivity contribution in [2.75, 3.05) is 13.7 Å². The molecular weight excluding hydrogens is 178 g/mol. The van der Waals surface area contributed by atoms with Gasteiger partial charge in [-0.15, -0.1) is 11.6 Å². The highest BCUT2D eigenvalue weighted by molar-refractivity contribution is 6.30. The summed E-state index contributed by atoms with van der Waals surface area (Å²) in [6.45, 7) is 5.11. The van der Waals surface area contributed by atoms with Gasteiger partial charge in [-0.05, 0) is 20.8 Å². The average Bonchev–Trinajstić information content (AvgIpc) is 2.01. The summed E-state index contributed by atoms with van der Waals surface area (Å²) >= 11 is 5.61. The summed E-state index contributed by atoms with van der Waals surface area (Å²) in [5.41, 5.74) is -0.541. The van der Waals surface area contributed by atoms with Crippen LogP contribution in [0.5, 0.6) is 0 Å². The maximum atomic E-state index is 11.3. The lowest BCUT2D eigenvalue weighted by Crippen LogP contribution is -2.49. The van der Waals surface area contributed by atoms with E-state index in [1.165, 1.54) is 4.90 Å². The van der Waals surface area contributed by atoms with Gasteiger partial charge in [0.15, 0.2) is 0 Å². The molecule has 0 aromatic rings. The number of alkyl halides is 1. The number of nitrogens with zero attached hydrogens (tertiary/aromatic N) is 1. The third-order valence-corrected chi connectivity index (χ3v) is 2.15. The molecule has 0 spiro atoms. The Morgan fingerprint density at radius 2 is 2.08 bits per heavy atom. The van der Waals surface area contributed by atoms with Gasteiger partial charge in [0.05, 0.1) is 12.1 Å². The van der Waals surface area contributed by atoms with Crippen LogP contribution in [0.3, 0.4) is 0 Å². The molecule has 12 heavy (non-hydrogen) atoms. The van der Waals surface area contributed by atoms with Gasteiger partial charge in [0.25, 0.3) is 0 Å². The lowest BCUT2D eigenvalue weighted by molar-refractivity contribution is -0.135. The first-order chi connectivity index (χ1) is 5.33. The van der Waals surface area contributed by atoms with Crippen LogP contribution in [0.4, 0.5) is 0 Å². The molecular formula is C8H16ClNO2. The Morgan fingerprint density at radius 3 is 2.33 bits per heavy atom. The van der Waals surface area contributed by atoms with E-state index in [-0.39, 0.29) is 12.5 Å². The highest BCUT2D eigenvalue weighted by Gasteiger charge is 2.28. The second-order valence-electron chi connectivity index (χ2n) is 3.48. The van der Waals surface area contributed by atoms with Crippen LogP contribution in [0.2, 0.25) is 0 Å². The SMILES string of the molecule is CC(Cl)C(=O)N(C)C(C)(C)CO. The molecule has 0 aliphatic heterocycles. The van der Waals surface area contributed by atoms with E-state index in [1.54, 1.807) is 27.8 Å². The molecule has 0 heterocycles. The van der Waals surface area contributed by atoms with Crippen molar-refractivity contribution in [3.05, 3.63) is 0 Å². The summed E-state index contributed by atoms with van der Waals surface area (Å²) in [7, 11) is 1.64. The minimum Gasteiger partial charge on any atom is -0.394 e. The van der Waals surface area contributed by atoms with Crippen molar-refractivity contribution in [2.45, 2.75) is 31.7 Å². The number of amides is 1. The van der Waals surface area contributed by atoms with Crippen LogP contribution in [-0.4, -0.2) is 40.5 Å². The summed E-state index contributed by atoms with van der Waals surface area (Å²) in [6, 6.07) is 0. The Balaban J connectivity index is 4.38. The third kappa shape index (κ3) is 2.64. The monoisotopic (exact) mass is 193 g/mol. The Kier molecular flexibility index (Phi) is 4.00. The molecule has 0 rings (SSSR count). The normalized spacial score (nSPS) is 14.2. The van der Waals surface area contributed by atoms with Gasteiger partial charge in [0, 0.05) is 7.05 Å². The average molecular weight is 194 g/mol. The second-order valence-corrected chi connectivity index (χ2v) is 4.14. The molecule has 1 N–H and O–H groups in total. The molecule has 1 amide bonds. The number of hydrogen-bond acceptors (Lipinski definition) is 2. The summed E-state index contributed by atoms with van der Waals surface area (Å²) in [6.07, 6.45) is 0. The molecule has 0 saturated heterocycles. The second kappa shape index (κ2) is 4.10. The van der Waals surface area contributed by atoms with Crippen LogP contribution < -0.4 is 0 Å². The number of aliphatic hydroxyl groups is 1. The summed E-state index contributed by atoms with van der Waals surface area (Å²) in [5, 5.41) is 8.42. The van der Waals surface area contributed by atoms with E-state index in [2.05, 4.69) is 0 Å². The molecule has 0 radical (unpaired) electrons. The first kappa shape index (κ1) is 11.7. The van der Waals surface area contributed by atoms with E-state index in [0.29, 0.717) is 0 Å². The molecule has 0 fully saturated rings. The molecule has 3 nitrogen and oxygen atoms in total. The van der Waals surface area contributed by atoms with Crippen molar-refractivity contribution in [2.24, 2.45) is 0 Å². The number of carbonyl (C=O) groups excluding carboxylic acids is 1. The first-order valence-electron chi connectivity index (χ1n) is 3.85. The predicted molar refractivity (Wildman–Crippen MR) is 49.2 cm³/mol. The Bertz CT molecular complexity index is 168. The van der Waals surface area contributed by atoms with Gasteiger partial charge >= 0.3 is 0 Å². The van der Waals surface area contributed by atoms with Gasteiger partial charge < -0.3 is 10.0 Å². The molecule has 0 bridgehead atoms. The topological polar surface area (TPSA) is 40.5 Å². The van der Waals surface area contributed by atoms with Crippen molar-refractivity contribution >= 4 is 17.5 Å². The van der Waals surface area contributed by atoms with Crippen LogP contribution >= 0.6 is 11.6 Å². The number of likely N-dealkylation sites (N-methyl/N-ethyl adjacent to an activating group) is 1. The summed E-state index contributed by atoms with van der Waals surface area (Å²) in [4.78, 5) is 12.8. The minimum absolute atomic E-state index is 0.0706. The number of hydrogen-bond donors (Lipinski definition) is 1. The molecule has 0 saturated carbocycles. The fraction of sp³-hybridized carbons (Fsp3) is 0.875. The molecule has 0 aromatic carbocycles. The van der Waals surface area contributed by atoms with Crippen LogP contribution in [0.15, 0.2) is 0 Å².